The molecule has 3 aromatic rings. The molecule has 144 valence electrons. The summed E-state index contributed by atoms with van der Waals surface area (Å²) < 4.78 is 13.1. The van der Waals surface area contributed by atoms with E-state index in [4.69, 9.17) is 11.1 Å². The van der Waals surface area contributed by atoms with Crippen LogP contribution in [0.3, 0.4) is 0 Å². The number of nitrogens with two attached hydrogens (primary N) is 1. The Balaban J connectivity index is 1.73. The minimum atomic E-state index is -0.244. The number of hydrogen-bond donors (Lipinski definition) is 4. The summed E-state index contributed by atoms with van der Waals surface area (Å²) in [5.74, 6) is 0.398. The van der Waals surface area contributed by atoms with Crippen molar-refractivity contribution in [3.8, 4) is 11.3 Å². The highest BCUT2D eigenvalue weighted by Gasteiger charge is 2.20. The highest BCUT2D eigenvalue weighted by atomic mass is 19.1. The molecular formula is C21H23FN6. The van der Waals surface area contributed by atoms with Crippen LogP contribution in [0.1, 0.15) is 25.0 Å². The lowest BCUT2D eigenvalue weighted by atomic mass is 9.84. The average Bonchev–Trinajstić information content (AvgIpc) is 2.67. The third-order valence-corrected chi connectivity index (χ3v) is 4.58. The van der Waals surface area contributed by atoms with E-state index in [0.29, 0.717) is 29.3 Å². The van der Waals surface area contributed by atoms with E-state index in [1.54, 1.807) is 24.4 Å². The fraction of sp³-hybridized carbons (Fsp3) is 0.190. The number of halogens is 1. The fourth-order valence-corrected chi connectivity index (χ4v) is 2.79. The molecule has 0 fully saturated rings. The van der Waals surface area contributed by atoms with Crippen molar-refractivity contribution < 1.29 is 4.39 Å². The van der Waals surface area contributed by atoms with Gasteiger partial charge in [-0.25, -0.2) is 4.39 Å². The van der Waals surface area contributed by atoms with E-state index >= 15 is 0 Å². The number of aromatic nitrogens is 3. The Labute approximate surface area is 162 Å². The second-order valence-electron chi connectivity index (χ2n) is 7.25. The molecule has 6 nitrogen and oxygen atoms in total. The number of anilines is 1. The molecule has 0 saturated heterocycles. The lowest BCUT2D eigenvalue weighted by Gasteiger charge is -2.25. The fourth-order valence-electron chi connectivity index (χ4n) is 2.79. The molecule has 0 unspecified atom stereocenters. The van der Waals surface area contributed by atoms with Crippen molar-refractivity contribution in [1.29, 1.82) is 5.41 Å². The van der Waals surface area contributed by atoms with E-state index < -0.39 is 0 Å². The molecule has 3 rings (SSSR count). The zero-order chi connectivity index (χ0) is 20.3. The Hall–Kier alpha value is -3.48. The van der Waals surface area contributed by atoms with Gasteiger partial charge in [0.1, 0.15) is 17.1 Å². The summed E-state index contributed by atoms with van der Waals surface area (Å²) in [5, 5.41) is 19.6. The second kappa shape index (κ2) is 7.64. The molecule has 0 spiro atoms. The maximum atomic E-state index is 13.1. The van der Waals surface area contributed by atoms with E-state index in [1.807, 2.05) is 12.1 Å². The maximum Gasteiger partial charge on any atom is 0.148 e. The number of hydrogen-bond acceptors (Lipinski definition) is 5. The molecule has 0 radical (unpaired) electrons. The zero-order valence-electron chi connectivity index (χ0n) is 15.9. The molecule has 0 aliphatic carbocycles. The molecule has 2 heterocycles. The molecule has 0 aliphatic rings. The van der Waals surface area contributed by atoms with Gasteiger partial charge in [0.2, 0.25) is 0 Å². The highest BCUT2D eigenvalue weighted by Crippen LogP contribution is 2.24. The Bertz CT molecular complexity index is 1040. The zero-order valence-corrected chi connectivity index (χ0v) is 15.9. The minimum Gasteiger partial charge on any atom is -0.399 e. The van der Waals surface area contributed by atoms with Crippen LogP contribution in [0.5, 0.6) is 0 Å². The normalized spacial score (nSPS) is 11.2. The monoisotopic (exact) mass is 378 g/mol. The van der Waals surface area contributed by atoms with Crippen molar-refractivity contribution in [3.63, 3.8) is 0 Å². The molecule has 7 heteroatoms. The van der Waals surface area contributed by atoms with Crippen LogP contribution in [-0.4, -0.2) is 21.7 Å². The first-order chi connectivity index (χ1) is 13.3. The number of aromatic amines is 1. The van der Waals surface area contributed by atoms with Crippen molar-refractivity contribution in [3.05, 3.63) is 77.7 Å². The summed E-state index contributed by atoms with van der Waals surface area (Å²) in [6.07, 6.45) is 1.68. The van der Waals surface area contributed by atoms with Gasteiger partial charge < -0.3 is 16.0 Å². The molecule has 0 saturated carbocycles. The summed E-state index contributed by atoms with van der Waals surface area (Å²) in [4.78, 5) is 2.85. The molecule has 5 N–H and O–H groups in total. The van der Waals surface area contributed by atoms with Gasteiger partial charge in [0, 0.05) is 35.0 Å². The van der Waals surface area contributed by atoms with Crippen LogP contribution in [0, 0.1) is 11.2 Å². The van der Waals surface area contributed by atoms with Gasteiger partial charge in [0.05, 0.1) is 5.69 Å². The second-order valence-corrected chi connectivity index (χ2v) is 7.25. The Kier molecular flexibility index (Phi) is 5.26. The van der Waals surface area contributed by atoms with Crippen LogP contribution < -0.4 is 16.5 Å². The van der Waals surface area contributed by atoms with Crippen molar-refractivity contribution in [1.82, 2.24) is 15.2 Å². The topological polar surface area (TPSA) is 103 Å². The lowest BCUT2D eigenvalue weighted by Crippen LogP contribution is -2.28. The Morgan fingerprint density at radius 3 is 2.54 bits per heavy atom. The quantitative estimate of drug-likeness (QED) is 0.528. The SMILES string of the molecule is C=C(N)c1cc(-c2ccc(NCC(C)(C)c3ccc(F)cc3)nn2)c[nH]c1=N. The average molecular weight is 378 g/mol. The summed E-state index contributed by atoms with van der Waals surface area (Å²) >= 11 is 0. The van der Waals surface area contributed by atoms with Crippen molar-refractivity contribution in [2.45, 2.75) is 19.3 Å². The number of nitrogens with zero attached hydrogens (tertiary/aromatic N) is 2. The first kappa shape index (κ1) is 19.3. The number of pyridine rings is 1. The molecule has 0 bridgehead atoms. The summed E-state index contributed by atoms with van der Waals surface area (Å²) in [7, 11) is 0. The molecule has 0 atom stereocenters. The Morgan fingerprint density at radius 1 is 1.21 bits per heavy atom. The molecule has 1 aromatic carbocycles. The maximum absolute atomic E-state index is 13.1. The Morgan fingerprint density at radius 2 is 1.93 bits per heavy atom. The van der Waals surface area contributed by atoms with Gasteiger partial charge in [-0.2, -0.15) is 0 Å². The van der Waals surface area contributed by atoms with Gasteiger partial charge in [0.15, 0.2) is 0 Å². The number of rotatable bonds is 6. The van der Waals surface area contributed by atoms with Gasteiger partial charge in [-0.15, -0.1) is 10.2 Å². The summed E-state index contributed by atoms with van der Waals surface area (Å²) in [6, 6.07) is 12.0. The van der Waals surface area contributed by atoms with Crippen LogP contribution in [0.25, 0.3) is 17.0 Å². The minimum absolute atomic E-state index is 0.200. The molecule has 0 aliphatic heterocycles. The molecule has 2 aromatic heterocycles. The largest absolute Gasteiger partial charge is 0.399 e. The van der Waals surface area contributed by atoms with Gasteiger partial charge in [-0.3, -0.25) is 5.41 Å². The van der Waals surface area contributed by atoms with E-state index in [9.17, 15) is 4.39 Å². The predicted octanol–water partition coefficient (Wildman–Crippen LogP) is 3.41. The van der Waals surface area contributed by atoms with Gasteiger partial charge in [-0.05, 0) is 35.9 Å². The lowest BCUT2D eigenvalue weighted by molar-refractivity contribution is 0.552. The van der Waals surface area contributed by atoms with Crippen LogP contribution in [0.4, 0.5) is 10.2 Å². The summed E-state index contributed by atoms with van der Waals surface area (Å²) in [6.45, 7) is 8.46. The number of nitrogens with one attached hydrogen (secondary N) is 3. The van der Waals surface area contributed by atoms with Crippen molar-refractivity contribution in [2.24, 2.45) is 5.73 Å². The smallest absolute Gasteiger partial charge is 0.148 e. The van der Waals surface area contributed by atoms with E-state index in [0.717, 1.165) is 11.1 Å². The predicted molar refractivity (Wildman–Crippen MR) is 109 cm³/mol. The van der Waals surface area contributed by atoms with Crippen molar-refractivity contribution >= 4 is 11.5 Å². The first-order valence-corrected chi connectivity index (χ1v) is 8.82. The highest BCUT2D eigenvalue weighted by molar-refractivity contribution is 5.67. The third kappa shape index (κ3) is 4.25. The van der Waals surface area contributed by atoms with Crippen LogP contribution in [-0.2, 0) is 5.41 Å². The van der Waals surface area contributed by atoms with Crippen LogP contribution in [0.15, 0.2) is 55.2 Å². The van der Waals surface area contributed by atoms with E-state index in [1.165, 1.54) is 12.1 Å². The van der Waals surface area contributed by atoms with Crippen LogP contribution >= 0.6 is 0 Å². The molecule has 28 heavy (non-hydrogen) atoms. The standard InChI is InChI=1S/C21H23FN6/c1-13(23)17-10-14(11-25-20(17)24)18-8-9-19(28-27-18)26-12-21(2,3)15-4-6-16(22)7-5-15/h4-11H,1,12,23H2,2-3H3,(H2,24,25)(H,26,28). The van der Waals surface area contributed by atoms with E-state index in [-0.39, 0.29) is 16.7 Å². The van der Waals surface area contributed by atoms with Crippen molar-refractivity contribution in [2.75, 3.05) is 11.9 Å². The molecule has 0 amide bonds. The molecular weight excluding hydrogens is 355 g/mol. The van der Waals surface area contributed by atoms with Crippen LogP contribution in [0.2, 0.25) is 0 Å². The third-order valence-electron chi connectivity index (χ3n) is 4.58. The number of H-pyrrole nitrogens is 1. The van der Waals surface area contributed by atoms with Gasteiger partial charge in [-0.1, -0.05) is 32.6 Å². The first-order valence-electron chi connectivity index (χ1n) is 8.82. The summed E-state index contributed by atoms with van der Waals surface area (Å²) in [5.41, 5.74) is 9.02. The van der Waals surface area contributed by atoms with Gasteiger partial charge >= 0.3 is 0 Å². The van der Waals surface area contributed by atoms with Gasteiger partial charge in [0.25, 0.3) is 0 Å². The number of benzene rings is 1. The van der Waals surface area contributed by atoms with E-state index in [2.05, 4.69) is 40.9 Å².